The van der Waals surface area contributed by atoms with Crippen molar-refractivity contribution < 1.29 is 14.2 Å². The molecule has 2 atom stereocenters. The number of benzene rings is 1. The number of hydrogen-bond acceptors (Lipinski definition) is 4. The van der Waals surface area contributed by atoms with Crippen molar-refractivity contribution in [2.75, 3.05) is 38.3 Å². The molecule has 2 N–H and O–H groups in total. The van der Waals surface area contributed by atoms with Gasteiger partial charge in [-0.3, -0.25) is 0 Å². The van der Waals surface area contributed by atoms with Gasteiger partial charge in [0.15, 0.2) is 0 Å². The van der Waals surface area contributed by atoms with Gasteiger partial charge in [-0.1, -0.05) is 12.1 Å². The van der Waals surface area contributed by atoms with Crippen LogP contribution in [0, 0.1) is 5.82 Å². The Hall–Kier alpha value is -1.17. The largest absolute Gasteiger partial charge is 0.394 e. The number of rotatable bonds is 4. The van der Waals surface area contributed by atoms with E-state index in [9.17, 15) is 9.50 Å². The van der Waals surface area contributed by atoms with Crippen molar-refractivity contribution in [3.8, 4) is 0 Å². The lowest BCUT2D eigenvalue weighted by molar-refractivity contribution is 0.00334. The second-order valence-electron chi connectivity index (χ2n) is 4.81. The van der Waals surface area contributed by atoms with Crippen LogP contribution in [0.25, 0.3) is 0 Å². The van der Waals surface area contributed by atoms with Gasteiger partial charge >= 0.3 is 0 Å². The monoisotopic (exact) mass is 268 g/mol. The van der Waals surface area contributed by atoms with E-state index in [0.717, 1.165) is 5.56 Å². The molecule has 5 heteroatoms. The third-order valence-electron chi connectivity index (χ3n) is 3.58. The first-order valence-corrected chi connectivity index (χ1v) is 6.60. The van der Waals surface area contributed by atoms with E-state index in [2.05, 4.69) is 5.32 Å². The molecule has 0 spiro atoms. The first kappa shape index (κ1) is 14.2. The zero-order valence-corrected chi connectivity index (χ0v) is 11.4. The molecule has 0 amide bonds. The molecule has 2 rings (SSSR count). The number of anilines is 1. The standard InChI is InChI=1S/C14H21FN2O2/c1-10(16-2)12-4-3-5-13(15)14(12)17-6-7-19-11(8-17)9-18/h3-5,10-11,16,18H,6-9H2,1-2H3. The van der Waals surface area contributed by atoms with Crippen LogP contribution in [0.3, 0.4) is 0 Å². The van der Waals surface area contributed by atoms with E-state index in [0.29, 0.717) is 25.4 Å². The molecule has 0 aromatic heterocycles. The SMILES string of the molecule is CNC(C)c1cccc(F)c1N1CCOC(CO)C1. The summed E-state index contributed by atoms with van der Waals surface area (Å²) in [5, 5.41) is 12.3. The Morgan fingerprint density at radius 3 is 3.05 bits per heavy atom. The maximum absolute atomic E-state index is 14.2. The summed E-state index contributed by atoms with van der Waals surface area (Å²) in [4.78, 5) is 1.96. The van der Waals surface area contributed by atoms with Gasteiger partial charge in [0.2, 0.25) is 0 Å². The lowest BCUT2D eigenvalue weighted by Crippen LogP contribution is -2.45. The van der Waals surface area contributed by atoms with Gasteiger partial charge in [-0.05, 0) is 25.6 Å². The molecule has 0 saturated carbocycles. The first-order valence-electron chi connectivity index (χ1n) is 6.60. The minimum absolute atomic E-state index is 0.0398. The number of halogens is 1. The third-order valence-corrected chi connectivity index (χ3v) is 3.58. The average Bonchev–Trinajstić information content (AvgIpc) is 2.46. The second kappa shape index (κ2) is 6.32. The highest BCUT2D eigenvalue weighted by Gasteiger charge is 2.25. The fourth-order valence-electron chi connectivity index (χ4n) is 2.40. The second-order valence-corrected chi connectivity index (χ2v) is 4.81. The van der Waals surface area contributed by atoms with E-state index < -0.39 is 0 Å². The molecule has 19 heavy (non-hydrogen) atoms. The van der Waals surface area contributed by atoms with Gasteiger partial charge in [-0.2, -0.15) is 0 Å². The van der Waals surface area contributed by atoms with Crippen molar-refractivity contribution in [1.29, 1.82) is 0 Å². The number of nitrogens with one attached hydrogen (secondary N) is 1. The van der Waals surface area contributed by atoms with Gasteiger partial charge < -0.3 is 20.1 Å². The van der Waals surface area contributed by atoms with Crippen LogP contribution < -0.4 is 10.2 Å². The molecule has 0 radical (unpaired) electrons. The van der Waals surface area contributed by atoms with Gasteiger partial charge in [0, 0.05) is 19.1 Å². The van der Waals surface area contributed by atoms with Gasteiger partial charge in [0.25, 0.3) is 0 Å². The number of aliphatic hydroxyl groups excluding tert-OH is 1. The van der Waals surface area contributed by atoms with Crippen molar-refractivity contribution in [3.05, 3.63) is 29.6 Å². The molecule has 0 aliphatic carbocycles. The highest BCUT2D eigenvalue weighted by atomic mass is 19.1. The number of hydrogen-bond donors (Lipinski definition) is 2. The summed E-state index contributed by atoms with van der Waals surface area (Å²) >= 11 is 0. The summed E-state index contributed by atoms with van der Waals surface area (Å²) < 4.78 is 19.6. The van der Waals surface area contributed by atoms with Crippen LogP contribution in [0.5, 0.6) is 0 Å². The molecule has 4 nitrogen and oxygen atoms in total. The van der Waals surface area contributed by atoms with Crippen LogP contribution in [0.2, 0.25) is 0 Å². The molecule has 106 valence electrons. The number of aliphatic hydroxyl groups is 1. The van der Waals surface area contributed by atoms with E-state index in [4.69, 9.17) is 4.74 Å². The molecule has 1 aliphatic rings. The van der Waals surface area contributed by atoms with Gasteiger partial charge in [-0.25, -0.2) is 4.39 Å². The van der Waals surface area contributed by atoms with Crippen molar-refractivity contribution in [2.45, 2.75) is 19.1 Å². The van der Waals surface area contributed by atoms with E-state index in [-0.39, 0.29) is 24.6 Å². The highest BCUT2D eigenvalue weighted by molar-refractivity contribution is 5.56. The maximum Gasteiger partial charge on any atom is 0.146 e. The smallest absolute Gasteiger partial charge is 0.146 e. The summed E-state index contributed by atoms with van der Waals surface area (Å²) in [5.74, 6) is -0.224. The minimum Gasteiger partial charge on any atom is -0.394 e. The minimum atomic E-state index is -0.244. The van der Waals surface area contributed by atoms with Crippen LogP contribution in [-0.4, -0.2) is 44.6 Å². The fraction of sp³-hybridized carbons (Fsp3) is 0.571. The van der Waals surface area contributed by atoms with Crippen LogP contribution in [0.4, 0.5) is 10.1 Å². The number of morpholine rings is 1. The quantitative estimate of drug-likeness (QED) is 0.864. The topological polar surface area (TPSA) is 44.7 Å². The van der Waals surface area contributed by atoms with E-state index in [1.165, 1.54) is 6.07 Å². The Morgan fingerprint density at radius 2 is 2.37 bits per heavy atom. The lowest BCUT2D eigenvalue weighted by Gasteiger charge is -2.35. The van der Waals surface area contributed by atoms with Crippen LogP contribution in [0.1, 0.15) is 18.5 Å². The molecule has 1 heterocycles. The van der Waals surface area contributed by atoms with Gasteiger partial charge in [-0.15, -0.1) is 0 Å². The summed E-state index contributed by atoms with van der Waals surface area (Å²) in [6, 6.07) is 5.21. The normalized spacial score (nSPS) is 21.5. The predicted molar refractivity (Wildman–Crippen MR) is 72.9 cm³/mol. The Kier molecular flexibility index (Phi) is 4.74. The molecule has 0 bridgehead atoms. The molecule has 1 aliphatic heterocycles. The maximum atomic E-state index is 14.2. The van der Waals surface area contributed by atoms with Crippen molar-refractivity contribution in [2.24, 2.45) is 0 Å². The summed E-state index contributed by atoms with van der Waals surface area (Å²) in [5.41, 5.74) is 1.55. The number of ether oxygens (including phenoxy) is 1. The zero-order chi connectivity index (χ0) is 13.8. The van der Waals surface area contributed by atoms with Gasteiger partial charge in [0.1, 0.15) is 5.82 Å². The molecule has 1 aromatic carbocycles. The van der Waals surface area contributed by atoms with E-state index in [1.807, 2.05) is 24.9 Å². The van der Waals surface area contributed by atoms with Crippen LogP contribution in [-0.2, 0) is 4.74 Å². The number of para-hydroxylation sites is 1. The Bertz CT molecular complexity index is 428. The van der Waals surface area contributed by atoms with Crippen molar-refractivity contribution in [3.63, 3.8) is 0 Å². The van der Waals surface area contributed by atoms with E-state index in [1.54, 1.807) is 6.07 Å². The highest BCUT2D eigenvalue weighted by Crippen LogP contribution is 2.30. The van der Waals surface area contributed by atoms with Gasteiger partial charge in [0.05, 0.1) is 25.0 Å². The average molecular weight is 268 g/mol. The lowest BCUT2D eigenvalue weighted by atomic mass is 10.0. The molecule has 2 unspecified atom stereocenters. The predicted octanol–water partition coefficient (Wildman–Crippen LogP) is 1.30. The van der Waals surface area contributed by atoms with Crippen molar-refractivity contribution >= 4 is 5.69 Å². The molecular formula is C14H21FN2O2. The Morgan fingerprint density at radius 1 is 1.58 bits per heavy atom. The van der Waals surface area contributed by atoms with Crippen LogP contribution in [0.15, 0.2) is 18.2 Å². The Labute approximate surface area is 113 Å². The third kappa shape index (κ3) is 3.05. The summed E-state index contributed by atoms with van der Waals surface area (Å²) in [7, 11) is 1.86. The molecular weight excluding hydrogens is 247 g/mol. The molecule has 1 fully saturated rings. The zero-order valence-electron chi connectivity index (χ0n) is 11.4. The summed E-state index contributed by atoms with van der Waals surface area (Å²) in [6.07, 6.45) is -0.244. The summed E-state index contributed by atoms with van der Waals surface area (Å²) in [6.45, 7) is 3.62. The fourth-order valence-corrected chi connectivity index (χ4v) is 2.40. The van der Waals surface area contributed by atoms with E-state index >= 15 is 0 Å². The van der Waals surface area contributed by atoms with Crippen LogP contribution >= 0.6 is 0 Å². The van der Waals surface area contributed by atoms with Crippen molar-refractivity contribution in [1.82, 2.24) is 5.32 Å². The Balaban J connectivity index is 2.32. The molecule has 1 saturated heterocycles. The number of nitrogens with zero attached hydrogens (tertiary/aromatic N) is 1. The first-order chi connectivity index (χ1) is 9.17. The molecule has 1 aromatic rings.